The molecule has 0 saturated carbocycles. The number of thiazole rings is 1. The average Bonchev–Trinajstić information content (AvgIpc) is 3.44. The van der Waals surface area contributed by atoms with Crippen molar-refractivity contribution < 1.29 is 9.59 Å². The Morgan fingerprint density at radius 1 is 0.871 bits per heavy atom. The molecule has 5 rings (SSSR count). The molecule has 0 N–H and O–H groups in total. The van der Waals surface area contributed by atoms with Crippen molar-refractivity contribution in [2.24, 2.45) is 4.99 Å². The first-order chi connectivity index (χ1) is 15.2. The predicted octanol–water partition coefficient (Wildman–Crippen LogP) is 3.51. The van der Waals surface area contributed by atoms with Gasteiger partial charge in [0.05, 0.1) is 0 Å². The summed E-state index contributed by atoms with van der Waals surface area (Å²) in [6, 6.07) is 25.9. The molecule has 2 aromatic heterocycles. The Bertz CT molecular complexity index is 1440. The van der Waals surface area contributed by atoms with Gasteiger partial charge in [-0.15, -0.1) is 0 Å². The van der Waals surface area contributed by atoms with Gasteiger partial charge in [0.15, 0.2) is 0 Å². The van der Waals surface area contributed by atoms with Crippen molar-refractivity contribution >= 4 is 47.7 Å². The quantitative estimate of drug-likeness (QED) is 0.286. The summed E-state index contributed by atoms with van der Waals surface area (Å²) in [6.45, 7) is 0. The first kappa shape index (κ1) is 19.5. The zero-order valence-electron chi connectivity index (χ0n) is 16.0. The molecule has 0 spiro atoms. The van der Waals surface area contributed by atoms with E-state index in [-0.39, 0.29) is 11.7 Å². The fourth-order valence-corrected chi connectivity index (χ4v) is 5.80. The molecule has 31 heavy (non-hydrogen) atoms. The first-order valence-corrected chi connectivity index (χ1v) is 11.9. The second-order valence-electron chi connectivity index (χ2n) is 6.54. The third-order valence-corrected chi connectivity index (χ3v) is 7.40. The Labute approximate surface area is 186 Å². The molecule has 0 saturated heterocycles. The van der Waals surface area contributed by atoms with Gasteiger partial charge >= 0.3 is 187 Å². The Hall–Kier alpha value is -3.45. The monoisotopic (exact) mass is 490 g/mol. The topological polar surface area (TPSA) is 77.2 Å². The number of fused-ring (bicyclic) bond motifs is 1. The van der Waals surface area contributed by atoms with Crippen molar-refractivity contribution in [1.82, 2.24) is 14.8 Å². The third-order valence-electron chi connectivity index (χ3n) is 4.46. The second kappa shape index (κ2) is 8.35. The number of amides is 1. The Morgan fingerprint density at radius 3 is 2.29 bits per heavy atom. The zero-order chi connectivity index (χ0) is 21.2. The van der Waals surface area contributed by atoms with Gasteiger partial charge in [0.25, 0.3) is 0 Å². The van der Waals surface area contributed by atoms with Gasteiger partial charge in [-0.3, -0.25) is 0 Å². The summed E-state index contributed by atoms with van der Waals surface area (Å²) in [4.78, 5) is 34.6. The number of benzene rings is 3. The van der Waals surface area contributed by atoms with Crippen molar-refractivity contribution in [2.75, 3.05) is 0 Å². The van der Waals surface area contributed by atoms with Crippen LogP contribution in [0.4, 0.5) is 0 Å². The van der Waals surface area contributed by atoms with Crippen LogP contribution in [0.25, 0.3) is 15.9 Å². The molecule has 1 amide bonds. The van der Waals surface area contributed by atoms with E-state index in [2.05, 4.69) is 15.1 Å². The number of carbonyl (C=O) groups excluding carboxylic acids is 2. The van der Waals surface area contributed by atoms with Gasteiger partial charge in [0.2, 0.25) is 0 Å². The van der Waals surface area contributed by atoms with E-state index >= 15 is 0 Å². The molecule has 0 unspecified atom stereocenters. The van der Waals surface area contributed by atoms with Crippen molar-refractivity contribution in [2.45, 2.75) is 0 Å². The molecule has 0 bridgehead atoms. The number of aromatic nitrogens is 3. The van der Waals surface area contributed by atoms with Crippen LogP contribution in [0, 0.1) is 0 Å². The molecule has 0 aliphatic rings. The van der Waals surface area contributed by atoms with Crippen LogP contribution < -0.4 is 4.36 Å². The van der Waals surface area contributed by atoms with Gasteiger partial charge in [-0.05, 0) is 0 Å². The summed E-state index contributed by atoms with van der Waals surface area (Å²) in [5.41, 5.74) is 2.02. The number of para-hydroxylation sites is 2. The number of carbonyl (C=O) groups is 2. The molecular weight excluding hydrogens is 475 g/mol. The average molecular weight is 489 g/mol. The molecule has 150 valence electrons. The van der Waals surface area contributed by atoms with E-state index in [1.807, 2.05) is 60.7 Å². The van der Waals surface area contributed by atoms with E-state index in [1.54, 1.807) is 28.9 Å². The standard InChI is InChI=1S/C23H14N4O2SSe/c28-19(21-24-17-13-7-8-14-18(17)30-21)22-26-27(16-11-5-2-6-12-16)23(31-22)25-20(29)15-9-3-1-4-10-15/h1-14H. The normalized spacial score (nSPS) is 11.7. The van der Waals surface area contributed by atoms with Crippen LogP contribution in [0.1, 0.15) is 24.7 Å². The summed E-state index contributed by atoms with van der Waals surface area (Å²) in [7, 11) is 0. The summed E-state index contributed by atoms with van der Waals surface area (Å²) >= 11 is 0.812. The number of hydrogen-bond acceptors (Lipinski definition) is 5. The van der Waals surface area contributed by atoms with Crippen molar-refractivity contribution in [3.63, 3.8) is 0 Å². The fraction of sp³-hybridized carbons (Fsp3) is 0. The maximum absolute atomic E-state index is 13.2. The molecule has 0 atom stereocenters. The van der Waals surface area contributed by atoms with Gasteiger partial charge < -0.3 is 0 Å². The molecule has 8 heteroatoms. The Balaban J connectivity index is 1.61. The van der Waals surface area contributed by atoms with E-state index < -0.39 is 14.5 Å². The molecule has 0 fully saturated rings. The van der Waals surface area contributed by atoms with Gasteiger partial charge in [-0.1, -0.05) is 0 Å². The second-order valence-corrected chi connectivity index (χ2v) is 9.57. The number of ketones is 1. The number of nitrogens with zero attached hydrogens (tertiary/aromatic N) is 4. The summed E-state index contributed by atoms with van der Waals surface area (Å²) in [5, 5.41) is 4.94. The van der Waals surface area contributed by atoms with Crippen LogP contribution in [0.5, 0.6) is 0 Å². The van der Waals surface area contributed by atoms with E-state index in [9.17, 15) is 9.59 Å². The predicted molar refractivity (Wildman–Crippen MR) is 120 cm³/mol. The SMILES string of the molecule is O=C(N=c1[se]c(C(=O)c2nc3ccccc3s2)nn1-c1ccccc1)c1ccccc1. The van der Waals surface area contributed by atoms with Crippen LogP contribution >= 0.6 is 11.3 Å². The van der Waals surface area contributed by atoms with Crippen LogP contribution in [0.15, 0.2) is 89.9 Å². The molecular formula is C23H14N4O2SSe. The van der Waals surface area contributed by atoms with Gasteiger partial charge in [0, 0.05) is 0 Å². The Kier molecular flexibility index (Phi) is 5.26. The van der Waals surface area contributed by atoms with Crippen LogP contribution in [-0.4, -0.2) is 41.0 Å². The van der Waals surface area contributed by atoms with E-state index in [0.717, 1.165) is 15.9 Å². The molecule has 0 radical (unpaired) electrons. The van der Waals surface area contributed by atoms with Gasteiger partial charge in [0.1, 0.15) is 0 Å². The summed E-state index contributed by atoms with van der Waals surface area (Å²) in [5.74, 6) is -0.582. The van der Waals surface area contributed by atoms with Crippen LogP contribution in [0.3, 0.4) is 0 Å². The molecule has 5 aromatic rings. The molecule has 6 nitrogen and oxygen atoms in total. The number of rotatable bonds is 4. The number of hydrogen-bond donors (Lipinski definition) is 0. The molecule has 0 aliphatic carbocycles. The van der Waals surface area contributed by atoms with Crippen molar-refractivity contribution in [3.8, 4) is 5.69 Å². The van der Waals surface area contributed by atoms with Crippen molar-refractivity contribution in [3.05, 3.63) is 104 Å². The van der Waals surface area contributed by atoms with Gasteiger partial charge in [-0.25, -0.2) is 0 Å². The minimum absolute atomic E-state index is 0.223. The van der Waals surface area contributed by atoms with Crippen LogP contribution in [0.2, 0.25) is 0 Å². The van der Waals surface area contributed by atoms with E-state index in [4.69, 9.17) is 0 Å². The maximum atomic E-state index is 13.2. The van der Waals surface area contributed by atoms with Gasteiger partial charge in [-0.2, -0.15) is 0 Å². The summed E-state index contributed by atoms with van der Waals surface area (Å²) in [6.07, 6.45) is 0. The minimum atomic E-state index is -0.533. The zero-order valence-corrected chi connectivity index (χ0v) is 18.5. The molecule has 0 aliphatic heterocycles. The third kappa shape index (κ3) is 3.96. The van der Waals surface area contributed by atoms with Crippen LogP contribution in [-0.2, 0) is 0 Å². The summed E-state index contributed by atoms with van der Waals surface area (Å²) < 4.78 is 3.37. The first-order valence-electron chi connectivity index (χ1n) is 9.39. The molecule has 3 aromatic carbocycles. The Morgan fingerprint density at radius 2 is 1.55 bits per heavy atom. The fourth-order valence-electron chi connectivity index (χ4n) is 2.98. The van der Waals surface area contributed by atoms with E-state index in [1.165, 1.54) is 11.3 Å². The van der Waals surface area contributed by atoms with E-state index in [0.29, 0.717) is 19.5 Å². The van der Waals surface area contributed by atoms with Crippen molar-refractivity contribution in [1.29, 1.82) is 0 Å². The molecule has 2 heterocycles.